The van der Waals surface area contributed by atoms with E-state index in [1.165, 1.54) is 36.4 Å². The molecule has 1 heterocycles. The minimum atomic E-state index is -0.830. The second kappa shape index (κ2) is 6.54. The number of H-pyrrole nitrogens is 1. The Kier molecular flexibility index (Phi) is 4.43. The predicted molar refractivity (Wildman–Crippen MR) is 92.6 cm³/mol. The number of nitro groups is 1. The Labute approximate surface area is 149 Å². The van der Waals surface area contributed by atoms with Crippen molar-refractivity contribution in [2.45, 2.75) is 0 Å². The summed E-state index contributed by atoms with van der Waals surface area (Å²) in [7, 11) is 0. The summed E-state index contributed by atoms with van der Waals surface area (Å²) in [5, 5.41) is 11.3. The maximum Gasteiger partial charge on any atom is 0.360 e. The fraction of sp³-hybridized carbons (Fsp3) is 0. The Morgan fingerprint density at radius 1 is 1.12 bits per heavy atom. The van der Waals surface area contributed by atoms with Gasteiger partial charge >= 0.3 is 5.97 Å². The first-order valence-electron chi connectivity index (χ1n) is 6.84. The molecule has 0 radical (unpaired) electrons. The van der Waals surface area contributed by atoms with Crippen molar-refractivity contribution in [3.8, 4) is 5.75 Å². The van der Waals surface area contributed by atoms with Crippen LogP contribution in [0.25, 0.3) is 10.9 Å². The highest BCUT2D eigenvalue weighted by Crippen LogP contribution is 2.25. The SMILES string of the molecule is O=C(Oc1ccc([N+](=O)[O-])cc1)c1cc(=O)c2c(Cl)cc(Cl)cc2[nH]1. The molecule has 0 aliphatic heterocycles. The first-order valence-corrected chi connectivity index (χ1v) is 7.59. The number of carbonyl (C=O) groups excluding carboxylic acids is 1. The number of esters is 1. The van der Waals surface area contributed by atoms with Crippen LogP contribution in [0.2, 0.25) is 10.0 Å². The van der Waals surface area contributed by atoms with E-state index in [0.717, 1.165) is 6.07 Å². The number of halogens is 2. The van der Waals surface area contributed by atoms with E-state index in [2.05, 4.69) is 4.98 Å². The fourth-order valence-electron chi connectivity index (χ4n) is 2.21. The topological polar surface area (TPSA) is 102 Å². The smallest absolute Gasteiger partial charge is 0.360 e. The van der Waals surface area contributed by atoms with E-state index < -0.39 is 16.3 Å². The summed E-state index contributed by atoms with van der Waals surface area (Å²) >= 11 is 11.9. The number of non-ortho nitro benzene ring substituents is 1. The van der Waals surface area contributed by atoms with E-state index in [9.17, 15) is 19.7 Å². The average molecular weight is 379 g/mol. The Morgan fingerprint density at radius 2 is 1.80 bits per heavy atom. The first kappa shape index (κ1) is 16.9. The third-order valence-electron chi connectivity index (χ3n) is 3.32. The molecule has 0 saturated carbocycles. The van der Waals surface area contributed by atoms with Gasteiger partial charge in [-0.3, -0.25) is 14.9 Å². The molecule has 0 bridgehead atoms. The van der Waals surface area contributed by atoms with Gasteiger partial charge in [-0.1, -0.05) is 23.2 Å². The second-order valence-electron chi connectivity index (χ2n) is 5.00. The number of aromatic nitrogens is 1. The maximum atomic E-state index is 12.2. The third-order valence-corrected chi connectivity index (χ3v) is 3.84. The Morgan fingerprint density at radius 3 is 2.44 bits per heavy atom. The standard InChI is InChI=1S/C16H8Cl2N2O5/c17-8-5-11(18)15-12(6-8)19-13(7-14(15)21)16(22)25-10-3-1-9(2-4-10)20(23)24/h1-7H,(H,19,21). The van der Waals surface area contributed by atoms with Crippen molar-refractivity contribution in [2.75, 3.05) is 0 Å². The Bertz CT molecular complexity index is 1060. The third kappa shape index (κ3) is 3.47. The molecule has 1 N–H and O–H groups in total. The molecule has 25 heavy (non-hydrogen) atoms. The Hall–Kier alpha value is -2.90. The summed E-state index contributed by atoms with van der Waals surface area (Å²) in [5.41, 5.74) is -0.413. The number of carbonyl (C=O) groups is 1. The second-order valence-corrected chi connectivity index (χ2v) is 5.84. The molecule has 0 unspecified atom stereocenters. The lowest BCUT2D eigenvalue weighted by Crippen LogP contribution is -2.15. The number of benzene rings is 2. The molecule has 0 aliphatic carbocycles. The van der Waals surface area contributed by atoms with Crippen molar-refractivity contribution in [2.24, 2.45) is 0 Å². The highest BCUT2D eigenvalue weighted by Gasteiger charge is 2.15. The zero-order chi connectivity index (χ0) is 18.1. The van der Waals surface area contributed by atoms with Crippen molar-refractivity contribution in [1.82, 2.24) is 4.98 Å². The highest BCUT2D eigenvalue weighted by atomic mass is 35.5. The van der Waals surface area contributed by atoms with Gasteiger partial charge in [0.1, 0.15) is 11.4 Å². The van der Waals surface area contributed by atoms with Gasteiger partial charge in [0, 0.05) is 23.2 Å². The van der Waals surface area contributed by atoms with Gasteiger partial charge < -0.3 is 9.72 Å². The number of hydrogen-bond donors (Lipinski definition) is 1. The number of fused-ring (bicyclic) bond motifs is 1. The minimum absolute atomic E-state index is 0.0978. The van der Waals surface area contributed by atoms with E-state index in [4.69, 9.17) is 27.9 Å². The van der Waals surface area contributed by atoms with Crippen molar-refractivity contribution in [3.63, 3.8) is 0 Å². The molecule has 9 heteroatoms. The van der Waals surface area contributed by atoms with Crippen LogP contribution in [0, 0.1) is 10.1 Å². The minimum Gasteiger partial charge on any atom is -0.422 e. The first-order chi connectivity index (χ1) is 11.8. The summed E-state index contributed by atoms with van der Waals surface area (Å²) in [4.78, 5) is 37.2. The number of pyridine rings is 1. The molecule has 7 nitrogen and oxygen atoms in total. The molecular formula is C16H8Cl2N2O5. The molecule has 2 aromatic carbocycles. The highest BCUT2D eigenvalue weighted by molar-refractivity contribution is 6.38. The lowest BCUT2D eigenvalue weighted by molar-refractivity contribution is -0.384. The van der Waals surface area contributed by atoms with Gasteiger partial charge in [0.2, 0.25) is 0 Å². The molecule has 3 aromatic rings. The van der Waals surface area contributed by atoms with Crippen molar-refractivity contribution >= 4 is 45.8 Å². The molecule has 0 atom stereocenters. The van der Waals surface area contributed by atoms with Gasteiger partial charge in [-0.25, -0.2) is 4.79 Å². The van der Waals surface area contributed by atoms with Crippen molar-refractivity contribution in [3.05, 3.63) is 78.5 Å². The fourth-order valence-corrected chi connectivity index (χ4v) is 2.80. The average Bonchev–Trinajstić information content (AvgIpc) is 2.54. The van der Waals surface area contributed by atoms with Gasteiger partial charge in [0.25, 0.3) is 5.69 Å². The zero-order valence-electron chi connectivity index (χ0n) is 12.3. The molecule has 1 aromatic heterocycles. The number of ether oxygens (including phenoxy) is 1. The summed E-state index contributed by atoms with van der Waals surface area (Å²) in [6, 6.07) is 8.92. The van der Waals surface area contributed by atoms with E-state index >= 15 is 0 Å². The number of nitrogens with one attached hydrogen (secondary N) is 1. The summed E-state index contributed by atoms with van der Waals surface area (Å²) in [5.74, 6) is -0.732. The summed E-state index contributed by atoms with van der Waals surface area (Å²) < 4.78 is 5.10. The van der Waals surface area contributed by atoms with Crippen LogP contribution in [0.15, 0.2) is 47.3 Å². The van der Waals surface area contributed by atoms with Crippen LogP contribution in [-0.2, 0) is 0 Å². The summed E-state index contributed by atoms with van der Waals surface area (Å²) in [6.07, 6.45) is 0. The number of nitro benzene ring substituents is 1. The number of rotatable bonds is 3. The van der Waals surface area contributed by atoms with Crippen LogP contribution in [0.3, 0.4) is 0 Å². The quantitative estimate of drug-likeness (QED) is 0.321. The predicted octanol–water partition coefficient (Wildman–Crippen LogP) is 3.96. The van der Waals surface area contributed by atoms with Crippen LogP contribution in [0.1, 0.15) is 10.5 Å². The molecule has 0 saturated heterocycles. The largest absolute Gasteiger partial charge is 0.422 e. The molecule has 126 valence electrons. The molecule has 0 amide bonds. The normalized spacial score (nSPS) is 10.6. The lowest BCUT2D eigenvalue weighted by atomic mass is 10.2. The van der Waals surface area contributed by atoms with Gasteiger partial charge in [0.15, 0.2) is 5.43 Å². The van der Waals surface area contributed by atoms with Gasteiger partial charge in [0.05, 0.1) is 20.8 Å². The molecular weight excluding hydrogens is 371 g/mol. The summed E-state index contributed by atoms with van der Waals surface area (Å²) in [6.45, 7) is 0. The number of nitrogens with zero attached hydrogens (tertiary/aromatic N) is 1. The van der Waals surface area contributed by atoms with E-state index in [1.807, 2.05) is 0 Å². The number of aromatic amines is 1. The van der Waals surface area contributed by atoms with Crippen LogP contribution < -0.4 is 10.2 Å². The van der Waals surface area contributed by atoms with Crippen molar-refractivity contribution < 1.29 is 14.5 Å². The van der Waals surface area contributed by atoms with Crippen LogP contribution in [0.4, 0.5) is 5.69 Å². The molecule has 0 fully saturated rings. The van der Waals surface area contributed by atoms with Gasteiger partial charge in [-0.05, 0) is 24.3 Å². The number of hydrogen-bond acceptors (Lipinski definition) is 5. The van der Waals surface area contributed by atoms with E-state index in [1.54, 1.807) is 0 Å². The van der Waals surface area contributed by atoms with Crippen molar-refractivity contribution in [1.29, 1.82) is 0 Å². The lowest BCUT2D eigenvalue weighted by Gasteiger charge is -2.07. The molecule has 0 spiro atoms. The van der Waals surface area contributed by atoms with Crippen LogP contribution in [-0.4, -0.2) is 15.9 Å². The molecule has 3 rings (SSSR count). The monoisotopic (exact) mass is 378 g/mol. The van der Waals surface area contributed by atoms with Crippen LogP contribution >= 0.6 is 23.2 Å². The van der Waals surface area contributed by atoms with Crippen LogP contribution in [0.5, 0.6) is 5.75 Å². The maximum absolute atomic E-state index is 12.2. The zero-order valence-corrected chi connectivity index (χ0v) is 13.8. The van der Waals surface area contributed by atoms with Gasteiger partial charge in [-0.15, -0.1) is 0 Å². The van der Waals surface area contributed by atoms with E-state index in [-0.39, 0.29) is 27.5 Å². The Balaban J connectivity index is 1.94. The molecule has 0 aliphatic rings. The van der Waals surface area contributed by atoms with E-state index in [0.29, 0.717) is 10.5 Å². The van der Waals surface area contributed by atoms with Gasteiger partial charge in [-0.2, -0.15) is 0 Å².